The summed E-state index contributed by atoms with van der Waals surface area (Å²) in [6, 6.07) is 0.0857. The molecule has 0 aromatic carbocycles. The van der Waals surface area contributed by atoms with Crippen LogP contribution in [0.1, 0.15) is 51.4 Å². The Kier molecular flexibility index (Phi) is 3.60. The minimum Gasteiger partial charge on any atom is -0.338 e. The number of carbonyl (C=O) groups excluding carboxylic acids is 1. The van der Waals surface area contributed by atoms with Gasteiger partial charge in [-0.2, -0.15) is 0 Å². The molecule has 0 aromatic heterocycles. The normalized spacial score (nSPS) is 44.6. The highest BCUT2D eigenvalue weighted by atomic mass is 16.2. The van der Waals surface area contributed by atoms with Gasteiger partial charge in [-0.15, -0.1) is 0 Å². The van der Waals surface area contributed by atoms with Gasteiger partial charge in [-0.05, 0) is 88.1 Å². The van der Waals surface area contributed by atoms with E-state index in [0.29, 0.717) is 5.92 Å². The number of rotatable bonds is 3. The number of nitrogens with one attached hydrogen (secondary N) is 3. The van der Waals surface area contributed by atoms with Crippen molar-refractivity contribution in [3.05, 3.63) is 0 Å². The number of hydrogen-bond acceptors (Lipinski definition) is 2. The molecule has 0 radical (unpaired) electrons. The lowest BCUT2D eigenvalue weighted by Crippen LogP contribution is -2.61. The maximum absolute atomic E-state index is 12.3. The van der Waals surface area contributed by atoms with Gasteiger partial charge in [0.2, 0.25) is 0 Å². The first-order valence-electron chi connectivity index (χ1n) is 8.97. The summed E-state index contributed by atoms with van der Waals surface area (Å²) in [5.41, 5.74) is 0.143. The third kappa shape index (κ3) is 2.92. The van der Waals surface area contributed by atoms with E-state index in [0.717, 1.165) is 37.4 Å². The van der Waals surface area contributed by atoms with Crippen LogP contribution in [0, 0.1) is 23.7 Å². The molecule has 4 nitrogen and oxygen atoms in total. The molecule has 5 fully saturated rings. The van der Waals surface area contributed by atoms with Gasteiger partial charge in [-0.1, -0.05) is 0 Å². The Labute approximate surface area is 127 Å². The first kappa shape index (κ1) is 13.9. The second-order valence-corrected chi connectivity index (χ2v) is 8.25. The Balaban J connectivity index is 1.30. The molecule has 21 heavy (non-hydrogen) atoms. The minimum absolute atomic E-state index is 0.0857. The van der Waals surface area contributed by atoms with Crippen molar-refractivity contribution in [3.8, 4) is 0 Å². The van der Waals surface area contributed by atoms with Gasteiger partial charge in [0.1, 0.15) is 0 Å². The van der Waals surface area contributed by atoms with E-state index in [1.807, 2.05) is 0 Å². The van der Waals surface area contributed by atoms with Crippen molar-refractivity contribution in [2.75, 3.05) is 19.6 Å². The van der Waals surface area contributed by atoms with Crippen molar-refractivity contribution in [2.45, 2.75) is 56.9 Å². The zero-order valence-electron chi connectivity index (χ0n) is 13.0. The number of urea groups is 1. The molecule has 1 saturated heterocycles. The van der Waals surface area contributed by atoms with Crippen LogP contribution in [0.5, 0.6) is 0 Å². The van der Waals surface area contributed by atoms with Gasteiger partial charge in [-0.25, -0.2) is 4.79 Å². The van der Waals surface area contributed by atoms with Crippen molar-refractivity contribution in [1.29, 1.82) is 0 Å². The van der Waals surface area contributed by atoms with E-state index in [-0.39, 0.29) is 11.6 Å². The summed E-state index contributed by atoms with van der Waals surface area (Å²) in [6.45, 7) is 3.01. The highest BCUT2D eigenvalue weighted by molar-refractivity contribution is 5.74. The predicted molar refractivity (Wildman–Crippen MR) is 83.0 cm³/mol. The Morgan fingerprint density at radius 2 is 1.76 bits per heavy atom. The molecule has 1 heterocycles. The topological polar surface area (TPSA) is 53.2 Å². The average Bonchev–Trinajstić information content (AvgIpc) is 2.44. The van der Waals surface area contributed by atoms with Crippen LogP contribution in [0.15, 0.2) is 0 Å². The van der Waals surface area contributed by atoms with Gasteiger partial charge in [0, 0.05) is 12.1 Å². The second kappa shape index (κ2) is 5.45. The summed E-state index contributed by atoms with van der Waals surface area (Å²) in [6.07, 6.45) is 10.5. The number of piperidine rings is 1. The van der Waals surface area contributed by atoms with E-state index in [4.69, 9.17) is 0 Å². The molecule has 118 valence electrons. The molecular weight excluding hydrogens is 262 g/mol. The van der Waals surface area contributed by atoms with E-state index in [2.05, 4.69) is 16.0 Å². The third-order valence-corrected chi connectivity index (χ3v) is 6.37. The van der Waals surface area contributed by atoms with Gasteiger partial charge in [0.15, 0.2) is 0 Å². The molecule has 1 aliphatic heterocycles. The van der Waals surface area contributed by atoms with Crippen molar-refractivity contribution in [1.82, 2.24) is 16.0 Å². The van der Waals surface area contributed by atoms with Gasteiger partial charge < -0.3 is 16.0 Å². The Morgan fingerprint density at radius 1 is 1.10 bits per heavy atom. The summed E-state index contributed by atoms with van der Waals surface area (Å²) in [5, 5.41) is 9.94. The average molecular weight is 291 g/mol. The molecule has 3 N–H and O–H groups in total. The van der Waals surface area contributed by atoms with Crippen LogP contribution in [0.2, 0.25) is 0 Å². The highest BCUT2D eigenvalue weighted by Crippen LogP contribution is 2.55. The SMILES string of the molecule is O=C(NCC1CCCNC1)NC12CC3CC(CC(C3)C1)C2. The van der Waals surface area contributed by atoms with Crippen LogP contribution < -0.4 is 16.0 Å². The maximum atomic E-state index is 12.3. The second-order valence-electron chi connectivity index (χ2n) is 8.25. The fraction of sp³-hybridized carbons (Fsp3) is 0.941. The summed E-state index contributed by atoms with van der Waals surface area (Å²) >= 11 is 0. The van der Waals surface area contributed by atoms with E-state index < -0.39 is 0 Å². The molecule has 0 spiro atoms. The molecule has 1 unspecified atom stereocenters. The largest absolute Gasteiger partial charge is 0.338 e. The first-order chi connectivity index (χ1) is 10.2. The summed E-state index contributed by atoms with van der Waals surface area (Å²) in [4.78, 5) is 12.3. The lowest BCUT2D eigenvalue weighted by atomic mass is 9.53. The van der Waals surface area contributed by atoms with E-state index >= 15 is 0 Å². The van der Waals surface area contributed by atoms with Crippen molar-refractivity contribution < 1.29 is 4.79 Å². The van der Waals surface area contributed by atoms with Crippen LogP contribution in [-0.4, -0.2) is 31.2 Å². The fourth-order valence-corrected chi connectivity index (χ4v) is 5.88. The molecule has 0 aromatic rings. The number of carbonyl (C=O) groups is 1. The quantitative estimate of drug-likeness (QED) is 0.747. The standard InChI is InChI=1S/C17H29N3O/c21-16(19-11-12-2-1-3-18-10-12)20-17-7-13-4-14(8-17)6-15(5-13)9-17/h12-15,18H,1-11H2,(H2,19,20,21). The zero-order valence-corrected chi connectivity index (χ0v) is 13.0. The molecule has 5 rings (SSSR count). The molecule has 5 aliphatic rings. The van der Waals surface area contributed by atoms with Gasteiger partial charge >= 0.3 is 6.03 Å². The van der Waals surface area contributed by atoms with Crippen molar-refractivity contribution >= 4 is 6.03 Å². The van der Waals surface area contributed by atoms with Crippen LogP contribution in [0.4, 0.5) is 4.79 Å². The van der Waals surface area contributed by atoms with Crippen LogP contribution >= 0.6 is 0 Å². The Hall–Kier alpha value is -0.770. The third-order valence-electron chi connectivity index (χ3n) is 6.37. The van der Waals surface area contributed by atoms with E-state index in [1.54, 1.807) is 0 Å². The maximum Gasteiger partial charge on any atom is 0.315 e. The van der Waals surface area contributed by atoms with Crippen LogP contribution in [-0.2, 0) is 0 Å². The number of hydrogen-bond donors (Lipinski definition) is 3. The monoisotopic (exact) mass is 291 g/mol. The molecular formula is C17H29N3O. The molecule has 4 saturated carbocycles. The van der Waals surface area contributed by atoms with Crippen LogP contribution in [0.25, 0.3) is 0 Å². The summed E-state index contributed by atoms with van der Waals surface area (Å²) in [7, 11) is 0. The molecule has 4 bridgehead atoms. The van der Waals surface area contributed by atoms with Crippen molar-refractivity contribution in [3.63, 3.8) is 0 Å². The Morgan fingerprint density at radius 3 is 2.33 bits per heavy atom. The summed E-state index contributed by atoms with van der Waals surface area (Å²) in [5.74, 6) is 3.28. The number of amides is 2. The molecule has 4 heteroatoms. The summed E-state index contributed by atoms with van der Waals surface area (Å²) < 4.78 is 0. The highest BCUT2D eigenvalue weighted by Gasteiger charge is 2.51. The predicted octanol–water partition coefficient (Wildman–Crippen LogP) is 2.25. The van der Waals surface area contributed by atoms with Crippen molar-refractivity contribution in [2.24, 2.45) is 23.7 Å². The lowest BCUT2D eigenvalue weighted by molar-refractivity contribution is -0.0135. The first-order valence-corrected chi connectivity index (χ1v) is 8.97. The molecule has 2 amide bonds. The molecule has 4 aliphatic carbocycles. The van der Waals surface area contributed by atoms with Gasteiger partial charge in [-0.3, -0.25) is 0 Å². The smallest absolute Gasteiger partial charge is 0.315 e. The zero-order chi connectivity index (χ0) is 14.3. The van der Waals surface area contributed by atoms with Crippen LogP contribution in [0.3, 0.4) is 0 Å². The fourth-order valence-electron chi connectivity index (χ4n) is 5.88. The van der Waals surface area contributed by atoms with Gasteiger partial charge in [0.25, 0.3) is 0 Å². The molecule has 1 atom stereocenters. The minimum atomic E-state index is 0.0857. The van der Waals surface area contributed by atoms with Gasteiger partial charge in [0.05, 0.1) is 0 Å². The lowest BCUT2D eigenvalue weighted by Gasteiger charge is -2.56. The Bertz CT molecular complexity index is 368. The van der Waals surface area contributed by atoms with E-state index in [1.165, 1.54) is 51.4 Å². The van der Waals surface area contributed by atoms with E-state index in [9.17, 15) is 4.79 Å².